The number of anilines is 2. The van der Waals surface area contributed by atoms with Crippen molar-refractivity contribution >= 4 is 40.0 Å². The lowest BCUT2D eigenvalue weighted by atomic mass is 10.1. The Kier molecular flexibility index (Phi) is 5.41. The fraction of sp³-hybridized carbons (Fsp3) is 0.0435. The van der Waals surface area contributed by atoms with Crippen molar-refractivity contribution < 1.29 is 13.9 Å². The van der Waals surface area contributed by atoms with Gasteiger partial charge in [-0.2, -0.15) is 0 Å². The molecule has 0 radical (unpaired) electrons. The van der Waals surface area contributed by atoms with Crippen LogP contribution in [0.4, 0.5) is 16.2 Å². The SMILES string of the molecule is COc1ccccc1-c1cc(=O)c2cc(NC(=O)Nc3ccc(Cl)cc3)ccc2o1. The van der Waals surface area contributed by atoms with Crippen molar-refractivity contribution in [2.24, 2.45) is 0 Å². The number of urea groups is 1. The minimum Gasteiger partial charge on any atom is -0.496 e. The maximum Gasteiger partial charge on any atom is 0.323 e. The van der Waals surface area contributed by atoms with Crippen molar-refractivity contribution in [1.82, 2.24) is 0 Å². The summed E-state index contributed by atoms with van der Waals surface area (Å²) in [5.74, 6) is 1.02. The first-order chi connectivity index (χ1) is 14.5. The molecule has 0 fully saturated rings. The van der Waals surface area contributed by atoms with Crippen molar-refractivity contribution in [3.8, 4) is 17.1 Å². The molecule has 6 nitrogen and oxygen atoms in total. The van der Waals surface area contributed by atoms with E-state index < -0.39 is 6.03 Å². The fourth-order valence-electron chi connectivity index (χ4n) is 3.04. The number of hydrogen-bond donors (Lipinski definition) is 2. The average Bonchev–Trinajstić information content (AvgIpc) is 2.75. The van der Waals surface area contributed by atoms with Crippen LogP contribution in [0.25, 0.3) is 22.3 Å². The van der Waals surface area contributed by atoms with Gasteiger partial charge in [-0.3, -0.25) is 4.79 Å². The number of carbonyl (C=O) groups excluding carboxylic acids is 1. The number of benzene rings is 3. The zero-order valence-electron chi connectivity index (χ0n) is 15.9. The van der Waals surface area contributed by atoms with Gasteiger partial charge in [0.05, 0.1) is 18.1 Å². The van der Waals surface area contributed by atoms with Crippen LogP contribution < -0.4 is 20.8 Å². The van der Waals surface area contributed by atoms with Crippen LogP contribution in [0.15, 0.2) is 82.0 Å². The quantitative estimate of drug-likeness (QED) is 0.439. The number of nitrogens with one attached hydrogen (secondary N) is 2. The summed E-state index contributed by atoms with van der Waals surface area (Å²) in [7, 11) is 1.56. The lowest BCUT2D eigenvalue weighted by Crippen LogP contribution is -2.19. The molecule has 0 saturated carbocycles. The topological polar surface area (TPSA) is 80.6 Å². The summed E-state index contributed by atoms with van der Waals surface area (Å²) in [4.78, 5) is 24.9. The second-order valence-electron chi connectivity index (χ2n) is 6.47. The zero-order valence-corrected chi connectivity index (χ0v) is 16.7. The molecule has 4 aromatic rings. The predicted octanol–water partition coefficient (Wildman–Crippen LogP) is 5.77. The number of ether oxygens (including phenoxy) is 1. The maximum atomic E-state index is 12.7. The Labute approximate surface area is 177 Å². The predicted molar refractivity (Wildman–Crippen MR) is 119 cm³/mol. The highest BCUT2D eigenvalue weighted by molar-refractivity contribution is 6.30. The summed E-state index contributed by atoms with van der Waals surface area (Å²) in [6, 6.07) is 19.9. The lowest BCUT2D eigenvalue weighted by Gasteiger charge is -2.10. The summed E-state index contributed by atoms with van der Waals surface area (Å²) in [6.45, 7) is 0. The normalized spacial score (nSPS) is 10.6. The van der Waals surface area contributed by atoms with E-state index in [4.69, 9.17) is 20.8 Å². The molecule has 0 atom stereocenters. The highest BCUT2D eigenvalue weighted by Crippen LogP contribution is 2.31. The standard InChI is InChI=1S/C23H17ClN2O4/c1-29-20-5-3-2-4-17(20)22-13-19(27)18-12-16(10-11-21(18)30-22)26-23(28)25-15-8-6-14(24)7-9-15/h2-13H,1H3,(H2,25,26,28). The van der Waals surface area contributed by atoms with Gasteiger partial charge in [0.1, 0.15) is 17.1 Å². The fourth-order valence-corrected chi connectivity index (χ4v) is 3.17. The Hall–Kier alpha value is -3.77. The molecule has 0 spiro atoms. The van der Waals surface area contributed by atoms with Gasteiger partial charge in [0.2, 0.25) is 0 Å². The van der Waals surface area contributed by atoms with Gasteiger partial charge in [-0.1, -0.05) is 23.7 Å². The lowest BCUT2D eigenvalue weighted by molar-refractivity contribution is 0.262. The zero-order chi connectivity index (χ0) is 21.1. The first-order valence-electron chi connectivity index (χ1n) is 9.08. The van der Waals surface area contributed by atoms with Crippen LogP contribution in [0.5, 0.6) is 5.75 Å². The third-order valence-corrected chi connectivity index (χ3v) is 4.71. The van der Waals surface area contributed by atoms with Crippen LogP contribution in [0.1, 0.15) is 0 Å². The smallest absolute Gasteiger partial charge is 0.323 e. The van der Waals surface area contributed by atoms with Gasteiger partial charge in [0.15, 0.2) is 5.43 Å². The molecule has 1 heterocycles. The van der Waals surface area contributed by atoms with E-state index in [2.05, 4.69) is 10.6 Å². The third kappa shape index (κ3) is 4.14. The van der Waals surface area contributed by atoms with Gasteiger partial charge in [-0.15, -0.1) is 0 Å². The molecule has 2 amide bonds. The number of amides is 2. The molecule has 0 unspecified atom stereocenters. The minimum absolute atomic E-state index is 0.223. The highest BCUT2D eigenvalue weighted by Gasteiger charge is 2.12. The minimum atomic E-state index is -0.438. The van der Waals surface area contributed by atoms with Crippen LogP contribution >= 0.6 is 11.6 Å². The van der Waals surface area contributed by atoms with E-state index in [9.17, 15) is 9.59 Å². The van der Waals surface area contributed by atoms with Gasteiger partial charge in [0, 0.05) is 22.5 Å². The Morgan fingerprint density at radius 2 is 1.63 bits per heavy atom. The van der Waals surface area contributed by atoms with Gasteiger partial charge >= 0.3 is 6.03 Å². The molecule has 150 valence electrons. The molecule has 4 rings (SSSR count). The summed E-state index contributed by atoms with van der Waals surface area (Å²) in [5.41, 5.74) is 1.93. The number of methoxy groups -OCH3 is 1. The van der Waals surface area contributed by atoms with Crippen molar-refractivity contribution in [3.05, 3.63) is 88.0 Å². The van der Waals surface area contributed by atoms with Crippen LogP contribution in [0, 0.1) is 0 Å². The van der Waals surface area contributed by atoms with Crippen molar-refractivity contribution in [1.29, 1.82) is 0 Å². The monoisotopic (exact) mass is 420 g/mol. The largest absolute Gasteiger partial charge is 0.496 e. The Morgan fingerprint density at radius 1 is 0.933 bits per heavy atom. The average molecular weight is 421 g/mol. The number of rotatable bonds is 4. The van der Waals surface area contributed by atoms with Gasteiger partial charge in [0.25, 0.3) is 0 Å². The Morgan fingerprint density at radius 3 is 2.40 bits per heavy atom. The van der Waals surface area contributed by atoms with Crippen LogP contribution in [0.2, 0.25) is 5.02 Å². The molecule has 0 bridgehead atoms. The highest BCUT2D eigenvalue weighted by atomic mass is 35.5. The van der Waals surface area contributed by atoms with Gasteiger partial charge in [-0.25, -0.2) is 4.79 Å². The molecule has 0 saturated heterocycles. The summed E-state index contributed by atoms with van der Waals surface area (Å²) < 4.78 is 11.3. The third-order valence-electron chi connectivity index (χ3n) is 4.46. The van der Waals surface area contributed by atoms with E-state index in [1.807, 2.05) is 18.2 Å². The molecular weight excluding hydrogens is 404 g/mol. The number of fused-ring (bicyclic) bond motifs is 1. The second kappa shape index (κ2) is 8.31. The van der Waals surface area contributed by atoms with Crippen LogP contribution in [-0.4, -0.2) is 13.1 Å². The number of carbonyl (C=O) groups is 1. The van der Waals surface area contributed by atoms with E-state index in [-0.39, 0.29) is 5.43 Å². The van der Waals surface area contributed by atoms with E-state index in [0.29, 0.717) is 44.4 Å². The molecule has 7 heteroatoms. The van der Waals surface area contributed by atoms with E-state index in [0.717, 1.165) is 0 Å². The molecule has 0 aliphatic carbocycles. The summed E-state index contributed by atoms with van der Waals surface area (Å²) in [6.07, 6.45) is 0. The van der Waals surface area contributed by atoms with E-state index in [1.165, 1.54) is 6.07 Å². The summed E-state index contributed by atoms with van der Waals surface area (Å²) in [5, 5.41) is 6.34. The van der Waals surface area contributed by atoms with Gasteiger partial charge in [-0.05, 0) is 54.6 Å². The molecule has 1 aromatic heterocycles. The molecule has 3 aromatic carbocycles. The van der Waals surface area contributed by atoms with Gasteiger partial charge < -0.3 is 19.8 Å². The number of halogens is 1. The van der Waals surface area contributed by atoms with E-state index >= 15 is 0 Å². The second-order valence-corrected chi connectivity index (χ2v) is 6.91. The maximum absolute atomic E-state index is 12.7. The van der Waals surface area contributed by atoms with Crippen molar-refractivity contribution in [2.75, 3.05) is 17.7 Å². The summed E-state index contributed by atoms with van der Waals surface area (Å²) >= 11 is 5.84. The molecule has 0 aliphatic rings. The molecule has 2 N–H and O–H groups in total. The Bertz CT molecular complexity index is 1280. The van der Waals surface area contributed by atoms with E-state index in [1.54, 1.807) is 55.6 Å². The van der Waals surface area contributed by atoms with Crippen LogP contribution in [0.3, 0.4) is 0 Å². The van der Waals surface area contributed by atoms with Crippen molar-refractivity contribution in [3.63, 3.8) is 0 Å². The molecule has 0 aliphatic heterocycles. The first-order valence-corrected chi connectivity index (χ1v) is 9.46. The Balaban J connectivity index is 1.60. The van der Waals surface area contributed by atoms with Crippen molar-refractivity contribution in [2.45, 2.75) is 0 Å². The number of hydrogen-bond acceptors (Lipinski definition) is 4. The van der Waals surface area contributed by atoms with Crippen LogP contribution in [-0.2, 0) is 0 Å². The first kappa shape index (κ1) is 19.5. The number of para-hydroxylation sites is 1. The molecule has 30 heavy (non-hydrogen) atoms. The molecular formula is C23H17ClN2O4.